The van der Waals surface area contributed by atoms with E-state index in [1.165, 1.54) is 37.7 Å². The molecule has 0 saturated heterocycles. The lowest BCUT2D eigenvalue weighted by Crippen LogP contribution is -2.08. The Balaban J connectivity index is 2.02. The van der Waals surface area contributed by atoms with E-state index in [-0.39, 0.29) is 17.8 Å². The van der Waals surface area contributed by atoms with Gasteiger partial charge in [0.15, 0.2) is 5.78 Å². The Morgan fingerprint density at radius 2 is 1.70 bits per heavy atom. The fraction of sp³-hybridized carbons (Fsp3) is 0.412. The molecule has 0 spiro atoms. The minimum atomic E-state index is -1.11. The summed E-state index contributed by atoms with van der Waals surface area (Å²) >= 11 is 0. The van der Waals surface area contributed by atoms with Crippen LogP contribution < -0.4 is 0 Å². The van der Waals surface area contributed by atoms with Crippen LogP contribution in [-0.2, 0) is 4.79 Å². The number of carboxylic acids is 1. The van der Waals surface area contributed by atoms with Crippen molar-refractivity contribution >= 4 is 11.8 Å². The molecule has 0 bridgehead atoms. The minimum Gasteiger partial charge on any atom is -0.478 e. The second kappa shape index (κ2) is 6.51. The molecule has 1 saturated carbocycles. The van der Waals surface area contributed by atoms with Gasteiger partial charge in [-0.1, -0.05) is 50.1 Å². The van der Waals surface area contributed by atoms with Gasteiger partial charge in [-0.05, 0) is 24.3 Å². The molecule has 0 amide bonds. The minimum absolute atomic E-state index is 0.0636. The number of carboxylic acid groups (broad SMARTS) is 1. The fourth-order valence-electron chi connectivity index (χ4n) is 2.75. The van der Waals surface area contributed by atoms with Crippen molar-refractivity contribution in [1.82, 2.24) is 0 Å². The average Bonchev–Trinajstić information content (AvgIpc) is 2.48. The summed E-state index contributed by atoms with van der Waals surface area (Å²) in [5.74, 6) is -0.688. The quantitative estimate of drug-likeness (QED) is 0.652. The first kappa shape index (κ1) is 14.5. The van der Waals surface area contributed by atoms with Gasteiger partial charge in [0.05, 0.1) is 0 Å². The van der Waals surface area contributed by atoms with Crippen LogP contribution in [0.2, 0.25) is 0 Å². The van der Waals surface area contributed by atoms with Gasteiger partial charge in [0.2, 0.25) is 0 Å². The van der Waals surface area contributed by atoms with Gasteiger partial charge in [-0.25, -0.2) is 4.79 Å². The highest BCUT2D eigenvalue weighted by atomic mass is 16.4. The third-order valence-corrected chi connectivity index (χ3v) is 3.99. The summed E-state index contributed by atoms with van der Waals surface area (Å²) in [7, 11) is 0. The topological polar surface area (TPSA) is 54.4 Å². The highest BCUT2D eigenvalue weighted by molar-refractivity contribution is 6.02. The summed E-state index contributed by atoms with van der Waals surface area (Å²) in [5.41, 5.74) is 1.79. The molecule has 106 valence electrons. The summed E-state index contributed by atoms with van der Waals surface area (Å²) in [6.45, 7) is 3.39. The molecule has 0 radical (unpaired) electrons. The van der Waals surface area contributed by atoms with E-state index in [1.54, 1.807) is 12.1 Å². The van der Waals surface area contributed by atoms with Crippen molar-refractivity contribution in [3.63, 3.8) is 0 Å². The Hall–Kier alpha value is -1.90. The number of aliphatic carboxylic acids is 1. The van der Waals surface area contributed by atoms with Crippen molar-refractivity contribution < 1.29 is 14.7 Å². The van der Waals surface area contributed by atoms with E-state index in [2.05, 4.69) is 6.58 Å². The number of benzene rings is 1. The summed E-state index contributed by atoms with van der Waals surface area (Å²) in [4.78, 5) is 22.6. The van der Waals surface area contributed by atoms with Crippen molar-refractivity contribution in [2.75, 3.05) is 0 Å². The van der Waals surface area contributed by atoms with Gasteiger partial charge in [-0.15, -0.1) is 0 Å². The van der Waals surface area contributed by atoms with Crippen molar-refractivity contribution in [2.24, 2.45) is 0 Å². The number of Topliss-reactive ketones (excluding diaryl/α,β-unsaturated/α-hetero) is 1. The normalized spacial score (nSPS) is 15.8. The van der Waals surface area contributed by atoms with E-state index in [0.717, 1.165) is 0 Å². The zero-order chi connectivity index (χ0) is 14.5. The molecular weight excluding hydrogens is 252 g/mol. The van der Waals surface area contributed by atoms with E-state index in [1.807, 2.05) is 12.1 Å². The van der Waals surface area contributed by atoms with Crippen LogP contribution >= 0.6 is 0 Å². The Labute approximate surface area is 119 Å². The molecule has 2 rings (SSSR count). The van der Waals surface area contributed by atoms with E-state index < -0.39 is 5.97 Å². The Morgan fingerprint density at radius 3 is 2.25 bits per heavy atom. The molecule has 1 N–H and O–H groups in total. The number of hydrogen-bond donors (Lipinski definition) is 1. The van der Waals surface area contributed by atoms with Crippen molar-refractivity contribution in [2.45, 2.75) is 44.4 Å². The number of carbonyl (C=O) groups is 2. The molecule has 1 aliphatic rings. The molecule has 3 heteroatoms. The number of carbonyl (C=O) groups excluding carboxylic acids is 1. The fourth-order valence-corrected chi connectivity index (χ4v) is 2.75. The maximum atomic E-state index is 11.9. The van der Waals surface area contributed by atoms with Crippen LogP contribution in [0.25, 0.3) is 0 Å². The molecule has 3 nitrogen and oxygen atoms in total. The molecule has 0 heterocycles. The van der Waals surface area contributed by atoms with Crippen LogP contribution in [0, 0.1) is 0 Å². The predicted octanol–water partition coefficient (Wildman–Crippen LogP) is 3.95. The van der Waals surface area contributed by atoms with Crippen molar-refractivity contribution in [3.05, 3.63) is 47.5 Å². The van der Waals surface area contributed by atoms with E-state index in [0.29, 0.717) is 11.5 Å². The van der Waals surface area contributed by atoms with Gasteiger partial charge in [-0.3, -0.25) is 4.79 Å². The third kappa shape index (κ3) is 3.56. The maximum Gasteiger partial charge on any atom is 0.331 e. The van der Waals surface area contributed by atoms with Gasteiger partial charge in [-0.2, -0.15) is 0 Å². The van der Waals surface area contributed by atoms with Gasteiger partial charge in [0.25, 0.3) is 0 Å². The van der Waals surface area contributed by atoms with Crippen LogP contribution in [0.1, 0.15) is 60.4 Å². The zero-order valence-corrected chi connectivity index (χ0v) is 11.6. The lowest BCUT2D eigenvalue weighted by Gasteiger charge is -2.22. The Kier molecular flexibility index (Phi) is 4.72. The first-order valence-corrected chi connectivity index (χ1v) is 7.12. The smallest absolute Gasteiger partial charge is 0.331 e. The molecule has 1 aliphatic carbocycles. The molecule has 0 atom stereocenters. The molecule has 20 heavy (non-hydrogen) atoms. The van der Waals surface area contributed by atoms with Crippen LogP contribution in [-0.4, -0.2) is 16.9 Å². The number of rotatable bonds is 5. The summed E-state index contributed by atoms with van der Waals surface area (Å²) in [5, 5.41) is 8.74. The van der Waals surface area contributed by atoms with Gasteiger partial charge < -0.3 is 5.11 Å². The first-order valence-electron chi connectivity index (χ1n) is 7.12. The highest BCUT2D eigenvalue weighted by Gasteiger charge is 2.16. The van der Waals surface area contributed by atoms with E-state index >= 15 is 0 Å². The standard InChI is InChI=1S/C17H20O3/c1-12(17(19)20)11-16(18)15-9-7-14(8-10-15)13-5-3-2-4-6-13/h7-10,13H,1-6,11H2,(H,19,20). The SMILES string of the molecule is C=C(CC(=O)c1ccc(C2CCCCC2)cc1)C(=O)O. The average molecular weight is 272 g/mol. The van der Waals surface area contributed by atoms with Crippen LogP contribution in [0.4, 0.5) is 0 Å². The van der Waals surface area contributed by atoms with Crippen LogP contribution in [0.5, 0.6) is 0 Å². The first-order chi connectivity index (χ1) is 9.58. The van der Waals surface area contributed by atoms with Gasteiger partial charge >= 0.3 is 5.97 Å². The second-order valence-corrected chi connectivity index (χ2v) is 5.47. The Morgan fingerprint density at radius 1 is 1.10 bits per heavy atom. The Bertz CT molecular complexity index is 508. The van der Waals surface area contributed by atoms with Crippen LogP contribution in [0.3, 0.4) is 0 Å². The lowest BCUT2D eigenvalue weighted by molar-refractivity contribution is -0.132. The molecule has 1 aromatic carbocycles. The summed E-state index contributed by atoms with van der Waals surface area (Å²) in [6.07, 6.45) is 6.21. The number of ketones is 1. The van der Waals surface area contributed by atoms with Crippen molar-refractivity contribution in [3.8, 4) is 0 Å². The molecule has 0 aliphatic heterocycles. The highest BCUT2D eigenvalue weighted by Crippen LogP contribution is 2.32. The van der Waals surface area contributed by atoms with Crippen LogP contribution in [0.15, 0.2) is 36.4 Å². The number of hydrogen-bond acceptors (Lipinski definition) is 2. The summed E-state index contributed by atoms with van der Waals surface area (Å²) < 4.78 is 0. The second-order valence-electron chi connectivity index (χ2n) is 5.47. The molecule has 0 aromatic heterocycles. The van der Waals surface area contributed by atoms with Crippen molar-refractivity contribution in [1.29, 1.82) is 0 Å². The summed E-state index contributed by atoms with van der Waals surface area (Å²) in [6, 6.07) is 7.63. The maximum absolute atomic E-state index is 11.9. The molecule has 1 fully saturated rings. The lowest BCUT2D eigenvalue weighted by atomic mass is 9.84. The zero-order valence-electron chi connectivity index (χ0n) is 11.6. The largest absolute Gasteiger partial charge is 0.478 e. The van der Waals surface area contributed by atoms with E-state index in [9.17, 15) is 9.59 Å². The third-order valence-electron chi connectivity index (χ3n) is 3.99. The molecule has 0 unspecified atom stereocenters. The van der Waals surface area contributed by atoms with Gasteiger partial charge in [0, 0.05) is 17.6 Å². The predicted molar refractivity (Wildman–Crippen MR) is 78.0 cm³/mol. The molecular formula is C17H20O3. The van der Waals surface area contributed by atoms with Gasteiger partial charge in [0.1, 0.15) is 0 Å². The monoisotopic (exact) mass is 272 g/mol. The van der Waals surface area contributed by atoms with E-state index in [4.69, 9.17) is 5.11 Å². The molecule has 1 aromatic rings.